The van der Waals surface area contributed by atoms with Crippen molar-refractivity contribution in [2.45, 2.75) is 6.92 Å². The molecule has 0 fully saturated rings. The Morgan fingerprint density at radius 3 is 2.42 bits per heavy atom. The Morgan fingerprint density at radius 2 is 2.00 bits per heavy atom. The first-order chi connectivity index (χ1) is 5.76. The molecule has 0 unspecified atom stereocenters. The molecule has 0 radical (unpaired) electrons. The van der Waals surface area contributed by atoms with Crippen LogP contribution in [-0.2, 0) is 23.8 Å². The minimum atomic E-state index is -0.109. The number of rotatable bonds is 6. The van der Waals surface area contributed by atoms with Crippen molar-refractivity contribution in [3.8, 4) is 0 Å². The molecule has 0 saturated heterocycles. The lowest BCUT2D eigenvalue weighted by Crippen LogP contribution is -2.04. The topological polar surface area (TPSA) is 61.8 Å². The predicted octanol–water partition coefficient (Wildman–Crippen LogP) is 0.210. The van der Waals surface area contributed by atoms with Crippen LogP contribution < -0.4 is 0 Å². The molecular weight excluding hydrogens is 164 g/mol. The summed E-state index contributed by atoms with van der Waals surface area (Å²) in [5.41, 5.74) is 0. The summed E-state index contributed by atoms with van der Waals surface area (Å²) >= 11 is 0. The number of allylic oxidation sites excluding steroid dienone is 1. The first kappa shape index (κ1) is 10.5. The molecule has 0 aliphatic rings. The number of hydrogen-bond donors (Lipinski definition) is 0. The van der Waals surface area contributed by atoms with Crippen LogP contribution in [0, 0.1) is 0 Å². The maximum atomic E-state index is 9.94. The predicted molar refractivity (Wildman–Crippen MR) is 38.9 cm³/mol. The van der Waals surface area contributed by atoms with E-state index in [4.69, 9.17) is 4.74 Å². The monoisotopic (exact) mass is 174 g/mol. The molecule has 0 aromatic heterocycles. The number of hydrogen-bond acceptors (Lipinski definition) is 5. The van der Waals surface area contributed by atoms with Crippen molar-refractivity contribution >= 4 is 12.9 Å². The number of carbonyl (C=O) groups is 2. The molecule has 0 rings (SSSR count). The highest BCUT2D eigenvalue weighted by Crippen LogP contribution is 2.05. The first-order valence-corrected chi connectivity index (χ1v) is 3.15. The molecule has 0 aromatic rings. The molecule has 0 aliphatic carbocycles. The third kappa shape index (κ3) is 3.60. The van der Waals surface area contributed by atoms with Gasteiger partial charge in [0.25, 0.3) is 12.9 Å². The van der Waals surface area contributed by atoms with E-state index < -0.39 is 0 Å². The molecule has 0 aromatic carbocycles. The minimum Gasteiger partial charge on any atom is -0.498 e. The zero-order chi connectivity index (χ0) is 9.40. The van der Waals surface area contributed by atoms with Gasteiger partial charge in [-0.15, -0.1) is 0 Å². The summed E-state index contributed by atoms with van der Waals surface area (Å²) in [5, 5.41) is 0. The average Bonchev–Trinajstić information content (AvgIpc) is 2.11. The molecular formula is C7H10O5. The van der Waals surface area contributed by atoms with Crippen molar-refractivity contribution in [3.63, 3.8) is 0 Å². The van der Waals surface area contributed by atoms with Gasteiger partial charge in [-0.25, -0.2) is 0 Å². The van der Waals surface area contributed by atoms with Crippen LogP contribution in [0.15, 0.2) is 11.5 Å². The number of ether oxygens (including phenoxy) is 3. The van der Waals surface area contributed by atoms with Crippen LogP contribution in [-0.4, -0.2) is 26.7 Å². The van der Waals surface area contributed by atoms with E-state index in [1.165, 1.54) is 7.11 Å². The molecule has 0 bridgehead atoms. The van der Waals surface area contributed by atoms with Gasteiger partial charge in [0, 0.05) is 0 Å². The largest absolute Gasteiger partial charge is 0.498 e. The van der Waals surface area contributed by atoms with Crippen LogP contribution in [0.5, 0.6) is 0 Å². The third-order valence-corrected chi connectivity index (χ3v) is 1.17. The van der Waals surface area contributed by atoms with E-state index >= 15 is 0 Å². The lowest BCUT2D eigenvalue weighted by molar-refractivity contribution is -0.132. The average molecular weight is 174 g/mol. The van der Waals surface area contributed by atoms with Gasteiger partial charge >= 0.3 is 0 Å². The van der Waals surface area contributed by atoms with Crippen molar-refractivity contribution in [2.24, 2.45) is 0 Å². The Bertz CT molecular complexity index is 184. The highest BCUT2D eigenvalue weighted by atomic mass is 16.6. The fourth-order valence-corrected chi connectivity index (χ4v) is 0.500. The second-order valence-corrected chi connectivity index (χ2v) is 1.80. The fraction of sp³-hybridized carbons (Fsp3) is 0.429. The van der Waals surface area contributed by atoms with Gasteiger partial charge in [-0.05, 0) is 6.92 Å². The molecule has 5 nitrogen and oxygen atoms in total. The Kier molecular flexibility index (Phi) is 5.42. The van der Waals surface area contributed by atoms with Crippen molar-refractivity contribution in [3.05, 3.63) is 11.5 Å². The summed E-state index contributed by atoms with van der Waals surface area (Å²) in [4.78, 5) is 19.7. The zero-order valence-corrected chi connectivity index (χ0v) is 6.90. The Labute approximate surface area is 69.9 Å². The Morgan fingerprint density at radius 1 is 1.33 bits per heavy atom. The minimum absolute atomic E-state index is 0.109. The molecule has 5 heteroatoms. The van der Waals surface area contributed by atoms with Gasteiger partial charge in [0.15, 0.2) is 12.4 Å². The lowest BCUT2D eigenvalue weighted by Gasteiger charge is -2.06. The Balaban J connectivity index is 4.19. The molecule has 0 amide bonds. The molecule has 0 aliphatic heterocycles. The quantitative estimate of drug-likeness (QED) is 0.425. The summed E-state index contributed by atoms with van der Waals surface area (Å²) in [7, 11) is 1.42. The summed E-state index contributed by atoms with van der Waals surface area (Å²) in [5.74, 6) is 0.573. The molecule has 68 valence electrons. The fourth-order valence-electron chi connectivity index (χ4n) is 0.500. The van der Waals surface area contributed by atoms with E-state index in [1.54, 1.807) is 6.92 Å². The van der Waals surface area contributed by atoms with Crippen molar-refractivity contribution < 1.29 is 23.8 Å². The van der Waals surface area contributed by atoms with E-state index in [9.17, 15) is 9.59 Å². The van der Waals surface area contributed by atoms with Gasteiger partial charge in [0.05, 0.1) is 7.11 Å². The van der Waals surface area contributed by atoms with Crippen molar-refractivity contribution in [1.82, 2.24) is 0 Å². The summed E-state index contributed by atoms with van der Waals surface area (Å²) in [6.45, 7) is 1.98. The van der Waals surface area contributed by atoms with Crippen LogP contribution in [0.4, 0.5) is 0 Å². The van der Waals surface area contributed by atoms with Crippen molar-refractivity contribution in [2.75, 3.05) is 13.7 Å². The molecule has 0 N–H and O–H groups in total. The lowest BCUT2D eigenvalue weighted by atomic mass is 10.4. The second-order valence-electron chi connectivity index (χ2n) is 1.80. The van der Waals surface area contributed by atoms with E-state index in [1.807, 2.05) is 0 Å². The molecule has 0 atom stereocenters. The van der Waals surface area contributed by atoms with E-state index in [-0.39, 0.29) is 25.3 Å². The molecule has 0 heterocycles. The normalized spacial score (nSPS) is 11.2. The van der Waals surface area contributed by atoms with Gasteiger partial charge in [0.2, 0.25) is 0 Å². The van der Waals surface area contributed by atoms with Gasteiger partial charge in [-0.2, -0.15) is 0 Å². The summed E-state index contributed by atoms with van der Waals surface area (Å²) in [6.07, 6.45) is 0. The number of methoxy groups -OCH3 is 1. The Hall–Kier alpha value is -1.52. The second kappa shape index (κ2) is 6.21. The van der Waals surface area contributed by atoms with Crippen LogP contribution in [0.3, 0.4) is 0 Å². The van der Waals surface area contributed by atoms with Gasteiger partial charge in [-0.3, -0.25) is 9.59 Å². The van der Waals surface area contributed by atoms with E-state index in [0.29, 0.717) is 5.76 Å². The summed E-state index contributed by atoms with van der Waals surface area (Å²) < 4.78 is 13.6. The SMILES string of the molecule is CO/C(C)=C(/COC=O)OC=O. The van der Waals surface area contributed by atoms with Crippen LogP contribution >= 0.6 is 0 Å². The number of carbonyl (C=O) groups excluding carboxylic acids is 2. The van der Waals surface area contributed by atoms with Gasteiger partial charge in [0.1, 0.15) is 5.76 Å². The smallest absolute Gasteiger partial charge is 0.298 e. The van der Waals surface area contributed by atoms with E-state index in [2.05, 4.69) is 9.47 Å². The van der Waals surface area contributed by atoms with Crippen LogP contribution in [0.1, 0.15) is 6.92 Å². The maximum Gasteiger partial charge on any atom is 0.298 e. The zero-order valence-electron chi connectivity index (χ0n) is 6.90. The van der Waals surface area contributed by atoms with Gasteiger partial charge < -0.3 is 14.2 Å². The molecule has 12 heavy (non-hydrogen) atoms. The maximum absolute atomic E-state index is 9.94. The first-order valence-electron chi connectivity index (χ1n) is 3.15. The van der Waals surface area contributed by atoms with Crippen LogP contribution in [0.25, 0.3) is 0 Å². The molecule has 0 spiro atoms. The highest BCUT2D eigenvalue weighted by Gasteiger charge is 2.04. The highest BCUT2D eigenvalue weighted by molar-refractivity contribution is 5.41. The van der Waals surface area contributed by atoms with Crippen LogP contribution in [0.2, 0.25) is 0 Å². The third-order valence-electron chi connectivity index (χ3n) is 1.17. The molecule has 0 saturated carbocycles. The van der Waals surface area contributed by atoms with E-state index in [0.717, 1.165) is 0 Å². The van der Waals surface area contributed by atoms with Gasteiger partial charge in [-0.1, -0.05) is 0 Å². The summed E-state index contributed by atoms with van der Waals surface area (Å²) in [6, 6.07) is 0. The van der Waals surface area contributed by atoms with Crippen molar-refractivity contribution in [1.29, 1.82) is 0 Å². The standard InChI is InChI=1S/C7H10O5/c1-6(10-2)7(12-5-9)3-11-4-8/h4-5H,3H2,1-2H3/b7-6-.